The maximum absolute atomic E-state index is 11.6. The Balaban J connectivity index is 2.15. The van der Waals surface area contributed by atoms with Gasteiger partial charge in [0.05, 0.1) is 13.0 Å². The van der Waals surface area contributed by atoms with Gasteiger partial charge in [0.25, 0.3) is 0 Å². The summed E-state index contributed by atoms with van der Waals surface area (Å²) in [6, 6.07) is 15.0. The van der Waals surface area contributed by atoms with Crippen LogP contribution in [0.2, 0.25) is 0 Å². The lowest BCUT2D eigenvalue weighted by atomic mass is 9.98. The van der Waals surface area contributed by atoms with E-state index in [1.54, 1.807) is 19.1 Å². The van der Waals surface area contributed by atoms with Crippen LogP contribution in [0.5, 0.6) is 5.75 Å². The molecule has 0 aliphatic carbocycles. The van der Waals surface area contributed by atoms with E-state index in [-0.39, 0.29) is 11.7 Å². The summed E-state index contributed by atoms with van der Waals surface area (Å²) in [7, 11) is 0. The Morgan fingerprint density at radius 1 is 1.05 bits per heavy atom. The topological polar surface area (TPSA) is 46.5 Å². The molecular weight excluding hydrogens is 252 g/mol. The molecule has 20 heavy (non-hydrogen) atoms. The quantitative estimate of drug-likeness (QED) is 0.849. The number of phenols is 1. The zero-order chi connectivity index (χ0) is 14.4. The molecule has 0 spiro atoms. The van der Waals surface area contributed by atoms with Gasteiger partial charge in [-0.2, -0.15) is 0 Å². The Labute approximate surface area is 118 Å². The predicted molar refractivity (Wildman–Crippen MR) is 77.7 cm³/mol. The fourth-order valence-corrected chi connectivity index (χ4v) is 2.10. The molecule has 0 saturated heterocycles. The summed E-state index contributed by atoms with van der Waals surface area (Å²) in [6.45, 7) is 2.21. The Morgan fingerprint density at radius 2 is 1.70 bits per heavy atom. The largest absolute Gasteiger partial charge is 0.508 e. The van der Waals surface area contributed by atoms with Crippen molar-refractivity contribution in [3.63, 3.8) is 0 Å². The number of benzene rings is 2. The van der Waals surface area contributed by atoms with Gasteiger partial charge in [0.2, 0.25) is 0 Å². The van der Waals surface area contributed by atoms with Gasteiger partial charge in [0, 0.05) is 0 Å². The van der Waals surface area contributed by atoms with E-state index in [9.17, 15) is 9.90 Å². The number of hydrogen-bond acceptors (Lipinski definition) is 3. The first-order valence-electron chi connectivity index (χ1n) is 6.69. The third-order valence-corrected chi connectivity index (χ3v) is 3.09. The van der Waals surface area contributed by atoms with Gasteiger partial charge in [-0.15, -0.1) is 0 Å². The molecule has 0 aliphatic rings. The summed E-state index contributed by atoms with van der Waals surface area (Å²) in [6.07, 6.45) is 1.03. The van der Waals surface area contributed by atoms with Crippen LogP contribution in [-0.4, -0.2) is 17.7 Å². The van der Waals surface area contributed by atoms with E-state index in [4.69, 9.17) is 4.74 Å². The lowest BCUT2D eigenvalue weighted by Crippen LogP contribution is -2.09. The minimum Gasteiger partial charge on any atom is -0.508 e. The first-order valence-corrected chi connectivity index (χ1v) is 6.69. The van der Waals surface area contributed by atoms with Gasteiger partial charge >= 0.3 is 5.97 Å². The van der Waals surface area contributed by atoms with Crippen LogP contribution in [0.4, 0.5) is 0 Å². The molecule has 3 nitrogen and oxygen atoms in total. The molecule has 0 unspecified atom stereocenters. The van der Waals surface area contributed by atoms with Crippen LogP contribution in [-0.2, 0) is 22.4 Å². The van der Waals surface area contributed by atoms with Crippen molar-refractivity contribution in [1.82, 2.24) is 0 Å². The molecule has 0 heterocycles. The van der Waals surface area contributed by atoms with Crippen molar-refractivity contribution in [2.45, 2.75) is 19.8 Å². The molecule has 0 amide bonds. The third-order valence-electron chi connectivity index (χ3n) is 3.09. The van der Waals surface area contributed by atoms with Crippen LogP contribution in [0, 0.1) is 0 Å². The molecule has 0 radical (unpaired) electrons. The summed E-state index contributed by atoms with van der Waals surface area (Å²) >= 11 is 0. The molecule has 0 aromatic heterocycles. The van der Waals surface area contributed by atoms with Gasteiger partial charge in [-0.3, -0.25) is 4.79 Å². The smallest absolute Gasteiger partial charge is 0.310 e. The lowest BCUT2D eigenvalue weighted by molar-refractivity contribution is -0.142. The maximum atomic E-state index is 11.6. The molecule has 0 atom stereocenters. The minimum absolute atomic E-state index is 0.203. The van der Waals surface area contributed by atoms with E-state index in [0.29, 0.717) is 13.0 Å². The number of phenolic OH excluding ortho intramolecular Hbond substituents is 1. The molecule has 0 bridgehead atoms. The molecule has 1 N–H and O–H groups in total. The summed E-state index contributed by atoms with van der Waals surface area (Å²) in [4.78, 5) is 11.6. The van der Waals surface area contributed by atoms with Gasteiger partial charge in [0.15, 0.2) is 0 Å². The van der Waals surface area contributed by atoms with Crippen molar-refractivity contribution in [3.05, 3.63) is 65.2 Å². The van der Waals surface area contributed by atoms with E-state index in [1.807, 2.05) is 36.4 Å². The zero-order valence-electron chi connectivity index (χ0n) is 11.5. The van der Waals surface area contributed by atoms with Crippen molar-refractivity contribution in [1.29, 1.82) is 0 Å². The Hall–Kier alpha value is -2.29. The molecular formula is C17H18O3. The number of hydrogen-bond donors (Lipinski definition) is 1. The zero-order valence-corrected chi connectivity index (χ0v) is 11.5. The Kier molecular flexibility index (Phi) is 4.77. The molecule has 0 saturated carbocycles. The highest BCUT2D eigenvalue weighted by molar-refractivity contribution is 5.73. The maximum Gasteiger partial charge on any atom is 0.310 e. The lowest BCUT2D eigenvalue weighted by Gasteiger charge is -2.09. The number of ether oxygens (including phenoxy) is 1. The molecule has 0 aliphatic heterocycles. The van der Waals surface area contributed by atoms with E-state index in [1.165, 1.54) is 0 Å². The highest BCUT2D eigenvalue weighted by atomic mass is 16.5. The monoisotopic (exact) mass is 270 g/mol. The summed E-state index contributed by atoms with van der Waals surface area (Å²) in [5.74, 6) is 0.0548. The first-order chi connectivity index (χ1) is 9.69. The highest BCUT2D eigenvalue weighted by Gasteiger charge is 2.08. The van der Waals surface area contributed by atoms with Gasteiger partial charge in [-0.25, -0.2) is 0 Å². The van der Waals surface area contributed by atoms with Crippen LogP contribution >= 0.6 is 0 Å². The minimum atomic E-state index is -0.203. The number of aromatic hydroxyl groups is 1. The van der Waals surface area contributed by atoms with Gasteiger partial charge in [-0.1, -0.05) is 36.4 Å². The normalized spacial score (nSPS) is 10.2. The van der Waals surface area contributed by atoms with Crippen molar-refractivity contribution >= 4 is 5.97 Å². The van der Waals surface area contributed by atoms with E-state index in [0.717, 1.165) is 23.1 Å². The Morgan fingerprint density at radius 3 is 2.35 bits per heavy atom. The predicted octanol–water partition coefficient (Wildman–Crippen LogP) is 3.09. The first kappa shape index (κ1) is 14.1. The average Bonchev–Trinajstić information content (AvgIpc) is 2.44. The summed E-state index contributed by atoms with van der Waals surface area (Å²) in [5, 5.41) is 9.29. The Bertz CT molecular complexity index is 573. The molecule has 104 valence electrons. The van der Waals surface area contributed by atoms with Crippen molar-refractivity contribution in [2.24, 2.45) is 0 Å². The van der Waals surface area contributed by atoms with Crippen LogP contribution < -0.4 is 0 Å². The standard InChI is InChI=1S/C17H18O3/c1-2-20-17(19)12-15-6-4-3-5-14(15)11-13-7-9-16(18)10-8-13/h3-10,18H,2,11-12H2,1H3. The molecule has 3 heteroatoms. The van der Waals surface area contributed by atoms with Crippen LogP contribution in [0.25, 0.3) is 0 Å². The van der Waals surface area contributed by atoms with E-state index in [2.05, 4.69) is 0 Å². The van der Waals surface area contributed by atoms with Gasteiger partial charge < -0.3 is 9.84 Å². The van der Waals surface area contributed by atoms with Crippen molar-refractivity contribution in [3.8, 4) is 5.75 Å². The molecule has 0 fully saturated rings. The van der Waals surface area contributed by atoms with Crippen LogP contribution in [0.1, 0.15) is 23.6 Å². The van der Waals surface area contributed by atoms with Crippen LogP contribution in [0.3, 0.4) is 0 Å². The average molecular weight is 270 g/mol. The molecule has 2 aromatic rings. The third kappa shape index (κ3) is 3.85. The SMILES string of the molecule is CCOC(=O)Cc1ccccc1Cc1ccc(O)cc1. The van der Waals surface area contributed by atoms with Crippen molar-refractivity contribution < 1.29 is 14.6 Å². The number of rotatable bonds is 5. The number of esters is 1. The number of carbonyl (C=O) groups excluding carboxylic acids is 1. The van der Waals surface area contributed by atoms with Crippen LogP contribution in [0.15, 0.2) is 48.5 Å². The molecule has 2 aromatic carbocycles. The number of carbonyl (C=O) groups is 1. The molecule has 2 rings (SSSR count). The fraction of sp³-hybridized carbons (Fsp3) is 0.235. The second-order valence-electron chi connectivity index (χ2n) is 4.59. The van der Waals surface area contributed by atoms with E-state index < -0.39 is 0 Å². The summed E-state index contributed by atoms with van der Waals surface area (Å²) in [5.41, 5.74) is 3.18. The van der Waals surface area contributed by atoms with E-state index >= 15 is 0 Å². The van der Waals surface area contributed by atoms with Gasteiger partial charge in [0.1, 0.15) is 5.75 Å². The summed E-state index contributed by atoms with van der Waals surface area (Å²) < 4.78 is 4.99. The van der Waals surface area contributed by atoms with Crippen molar-refractivity contribution in [2.75, 3.05) is 6.61 Å². The van der Waals surface area contributed by atoms with Gasteiger partial charge in [-0.05, 0) is 42.2 Å². The second kappa shape index (κ2) is 6.75. The highest BCUT2D eigenvalue weighted by Crippen LogP contribution is 2.17. The fourth-order valence-electron chi connectivity index (χ4n) is 2.10. The second-order valence-corrected chi connectivity index (χ2v) is 4.59.